The maximum absolute atomic E-state index is 8.57. The molecular formula is C8H10N2. The number of allylic oxidation sites excluding steroid dienone is 2. The SMILES string of the molecule is CC1C(C#N)=CC=CC1N. The first-order valence-electron chi connectivity index (χ1n) is 3.29. The number of hydrogen-bond acceptors (Lipinski definition) is 2. The summed E-state index contributed by atoms with van der Waals surface area (Å²) in [6.07, 6.45) is 5.56. The van der Waals surface area contributed by atoms with Gasteiger partial charge in [0, 0.05) is 17.5 Å². The van der Waals surface area contributed by atoms with E-state index in [1.54, 1.807) is 0 Å². The molecule has 0 heterocycles. The third-order valence-corrected chi connectivity index (χ3v) is 1.81. The van der Waals surface area contributed by atoms with E-state index in [4.69, 9.17) is 11.0 Å². The standard InChI is InChI=1S/C8H10N2/c1-6-7(5-9)3-2-4-8(6)10/h2-4,6,8H,10H2,1H3. The minimum absolute atomic E-state index is 0.0136. The summed E-state index contributed by atoms with van der Waals surface area (Å²) in [6, 6.07) is 2.13. The molecule has 0 saturated carbocycles. The van der Waals surface area contributed by atoms with Crippen molar-refractivity contribution in [2.24, 2.45) is 11.7 Å². The third kappa shape index (κ3) is 1.09. The van der Waals surface area contributed by atoms with Crippen molar-refractivity contribution in [1.29, 1.82) is 5.26 Å². The lowest BCUT2D eigenvalue weighted by molar-refractivity contribution is 0.604. The summed E-state index contributed by atoms with van der Waals surface area (Å²) in [5.74, 6) is 0.176. The molecule has 2 N–H and O–H groups in total. The van der Waals surface area contributed by atoms with Crippen LogP contribution >= 0.6 is 0 Å². The number of nitrogens with zero attached hydrogens (tertiary/aromatic N) is 1. The molecule has 0 radical (unpaired) electrons. The lowest BCUT2D eigenvalue weighted by Crippen LogP contribution is -2.28. The van der Waals surface area contributed by atoms with Crippen LogP contribution in [0.3, 0.4) is 0 Å². The maximum atomic E-state index is 8.57. The number of nitrogens with two attached hydrogens (primary N) is 1. The first-order chi connectivity index (χ1) is 4.75. The van der Waals surface area contributed by atoms with E-state index < -0.39 is 0 Å². The van der Waals surface area contributed by atoms with Gasteiger partial charge in [-0.3, -0.25) is 0 Å². The Labute approximate surface area is 60.6 Å². The molecule has 0 spiro atoms. The van der Waals surface area contributed by atoms with Crippen molar-refractivity contribution in [1.82, 2.24) is 0 Å². The van der Waals surface area contributed by atoms with Gasteiger partial charge in [-0.1, -0.05) is 19.1 Å². The molecule has 0 aromatic heterocycles. The molecule has 10 heavy (non-hydrogen) atoms. The van der Waals surface area contributed by atoms with Gasteiger partial charge in [0.2, 0.25) is 0 Å². The normalized spacial score (nSPS) is 31.1. The molecule has 0 aromatic rings. The summed E-state index contributed by atoms with van der Waals surface area (Å²) in [6.45, 7) is 1.96. The summed E-state index contributed by atoms with van der Waals surface area (Å²) in [4.78, 5) is 0. The predicted octanol–water partition coefficient (Wildman–Crippen LogP) is 0.970. The third-order valence-electron chi connectivity index (χ3n) is 1.81. The van der Waals surface area contributed by atoms with Crippen molar-refractivity contribution in [3.63, 3.8) is 0 Å². The molecule has 1 aliphatic carbocycles. The highest BCUT2D eigenvalue weighted by Crippen LogP contribution is 2.17. The quantitative estimate of drug-likeness (QED) is 0.536. The minimum Gasteiger partial charge on any atom is -0.324 e. The van der Waals surface area contributed by atoms with Crippen LogP contribution in [0.4, 0.5) is 0 Å². The highest BCUT2D eigenvalue weighted by molar-refractivity contribution is 5.33. The topological polar surface area (TPSA) is 49.8 Å². The Morgan fingerprint density at radius 1 is 1.70 bits per heavy atom. The summed E-state index contributed by atoms with van der Waals surface area (Å²) in [5.41, 5.74) is 6.44. The van der Waals surface area contributed by atoms with Crippen LogP contribution in [0.2, 0.25) is 0 Å². The maximum Gasteiger partial charge on any atom is 0.0950 e. The number of hydrogen-bond donors (Lipinski definition) is 1. The van der Waals surface area contributed by atoms with E-state index in [1.807, 2.05) is 25.2 Å². The van der Waals surface area contributed by atoms with Crippen molar-refractivity contribution < 1.29 is 0 Å². The van der Waals surface area contributed by atoms with E-state index in [2.05, 4.69) is 6.07 Å². The fourth-order valence-electron chi connectivity index (χ4n) is 0.952. The highest BCUT2D eigenvalue weighted by atomic mass is 14.6. The van der Waals surface area contributed by atoms with Gasteiger partial charge in [0.25, 0.3) is 0 Å². The fraction of sp³-hybridized carbons (Fsp3) is 0.375. The molecule has 52 valence electrons. The van der Waals surface area contributed by atoms with Crippen LogP contribution in [0.1, 0.15) is 6.92 Å². The molecular weight excluding hydrogens is 124 g/mol. The molecule has 2 nitrogen and oxygen atoms in total. The van der Waals surface area contributed by atoms with Crippen molar-refractivity contribution >= 4 is 0 Å². The van der Waals surface area contributed by atoms with Crippen LogP contribution in [-0.2, 0) is 0 Å². The molecule has 0 aliphatic heterocycles. The van der Waals surface area contributed by atoms with Crippen molar-refractivity contribution in [3.8, 4) is 6.07 Å². The largest absolute Gasteiger partial charge is 0.324 e. The van der Waals surface area contributed by atoms with Gasteiger partial charge in [-0.15, -0.1) is 0 Å². The Morgan fingerprint density at radius 2 is 2.40 bits per heavy atom. The van der Waals surface area contributed by atoms with Gasteiger partial charge in [-0.2, -0.15) is 5.26 Å². The molecule has 2 heteroatoms. The molecule has 0 bridgehead atoms. The molecule has 2 unspecified atom stereocenters. The number of rotatable bonds is 0. The first-order valence-corrected chi connectivity index (χ1v) is 3.29. The zero-order chi connectivity index (χ0) is 7.56. The summed E-state index contributed by atoms with van der Waals surface area (Å²) in [7, 11) is 0. The molecule has 0 aromatic carbocycles. The van der Waals surface area contributed by atoms with E-state index in [0.29, 0.717) is 0 Å². The minimum atomic E-state index is 0.0136. The monoisotopic (exact) mass is 134 g/mol. The molecule has 1 aliphatic rings. The average Bonchev–Trinajstić information content (AvgIpc) is 1.95. The van der Waals surface area contributed by atoms with Gasteiger partial charge in [0.15, 0.2) is 0 Å². The van der Waals surface area contributed by atoms with Gasteiger partial charge < -0.3 is 5.73 Å². The van der Waals surface area contributed by atoms with Gasteiger partial charge in [-0.25, -0.2) is 0 Å². The Balaban J connectivity index is 2.84. The lowest BCUT2D eigenvalue weighted by atomic mass is 9.90. The van der Waals surface area contributed by atoms with E-state index >= 15 is 0 Å². The molecule has 1 rings (SSSR count). The van der Waals surface area contributed by atoms with Crippen molar-refractivity contribution in [2.45, 2.75) is 13.0 Å². The Hall–Kier alpha value is -1.07. The zero-order valence-corrected chi connectivity index (χ0v) is 5.91. The van der Waals surface area contributed by atoms with Gasteiger partial charge in [-0.05, 0) is 6.08 Å². The second-order valence-corrected chi connectivity index (χ2v) is 2.48. The predicted molar refractivity (Wildman–Crippen MR) is 40.0 cm³/mol. The molecule has 0 fully saturated rings. The molecule has 0 saturated heterocycles. The summed E-state index contributed by atoms with van der Waals surface area (Å²) >= 11 is 0. The Bertz CT molecular complexity index is 220. The smallest absolute Gasteiger partial charge is 0.0950 e. The van der Waals surface area contributed by atoms with Crippen LogP contribution in [0.15, 0.2) is 23.8 Å². The second-order valence-electron chi connectivity index (χ2n) is 2.48. The lowest BCUT2D eigenvalue weighted by Gasteiger charge is -2.17. The Kier molecular flexibility index (Phi) is 1.88. The van der Waals surface area contributed by atoms with Crippen LogP contribution in [-0.4, -0.2) is 6.04 Å². The van der Waals surface area contributed by atoms with Crippen LogP contribution in [0.25, 0.3) is 0 Å². The van der Waals surface area contributed by atoms with Gasteiger partial charge in [0.1, 0.15) is 0 Å². The fourth-order valence-corrected chi connectivity index (χ4v) is 0.952. The van der Waals surface area contributed by atoms with Crippen molar-refractivity contribution in [3.05, 3.63) is 23.8 Å². The van der Waals surface area contributed by atoms with E-state index in [0.717, 1.165) is 5.57 Å². The molecule has 0 amide bonds. The average molecular weight is 134 g/mol. The van der Waals surface area contributed by atoms with Crippen LogP contribution in [0, 0.1) is 17.2 Å². The zero-order valence-electron chi connectivity index (χ0n) is 5.91. The highest BCUT2D eigenvalue weighted by Gasteiger charge is 2.16. The summed E-state index contributed by atoms with van der Waals surface area (Å²) < 4.78 is 0. The van der Waals surface area contributed by atoms with Gasteiger partial charge in [0.05, 0.1) is 6.07 Å². The number of nitriles is 1. The second kappa shape index (κ2) is 2.68. The van der Waals surface area contributed by atoms with Crippen molar-refractivity contribution in [2.75, 3.05) is 0 Å². The van der Waals surface area contributed by atoms with Crippen LogP contribution in [0.5, 0.6) is 0 Å². The van der Waals surface area contributed by atoms with Crippen LogP contribution < -0.4 is 5.73 Å². The van der Waals surface area contributed by atoms with Gasteiger partial charge >= 0.3 is 0 Å². The van der Waals surface area contributed by atoms with E-state index in [9.17, 15) is 0 Å². The molecule has 2 atom stereocenters. The van der Waals surface area contributed by atoms with E-state index in [-0.39, 0.29) is 12.0 Å². The van der Waals surface area contributed by atoms with E-state index in [1.165, 1.54) is 0 Å². The Morgan fingerprint density at radius 3 is 2.90 bits per heavy atom. The first kappa shape index (κ1) is 7.04. The summed E-state index contributed by atoms with van der Waals surface area (Å²) in [5, 5.41) is 8.57.